The van der Waals surface area contributed by atoms with E-state index in [2.05, 4.69) is 15.9 Å². The number of aliphatic carboxylic acids is 1. The number of rotatable bonds is 3. The van der Waals surface area contributed by atoms with Gasteiger partial charge in [0, 0.05) is 18.0 Å². The Hall–Kier alpha value is -1.24. The second kappa shape index (κ2) is 5.87. The van der Waals surface area contributed by atoms with Crippen molar-refractivity contribution in [2.24, 2.45) is 0 Å². The van der Waals surface area contributed by atoms with Crippen LogP contribution in [0, 0.1) is 5.82 Å². The zero-order valence-electron chi connectivity index (χ0n) is 11.1. The number of hydrogen-bond donors (Lipinski definition) is 1. The van der Waals surface area contributed by atoms with Gasteiger partial charge in [0.05, 0.1) is 4.47 Å². The molecule has 0 saturated carbocycles. The van der Waals surface area contributed by atoms with E-state index >= 15 is 0 Å². The monoisotopic (exact) mass is 369 g/mol. The van der Waals surface area contributed by atoms with Gasteiger partial charge in [-0.25, -0.2) is 4.39 Å². The molecule has 0 fully saturated rings. The summed E-state index contributed by atoms with van der Waals surface area (Å²) in [5, 5.41) is 11.5. The normalized spacial score (nSPS) is 18.5. The summed E-state index contributed by atoms with van der Waals surface area (Å²) in [7, 11) is 0. The minimum absolute atomic E-state index is 0.326. The van der Waals surface area contributed by atoms with Gasteiger partial charge in [0.2, 0.25) is 0 Å². The summed E-state index contributed by atoms with van der Waals surface area (Å²) in [6.07, 6.45) is 0.837. The number of fused-ring (bicyclic) bond motifs is 1. The molecule has 1 aromatic heterocycles. The molecule has 1 unspecified atom stereocenters. The number of halogens is 2. The molecule has 0 saturated heterocycles. The lowest BCUT2D eigenvalue weighted by Gasteiger charge is -2.33. The summed E-state index contributed by atoms with van der Waals surface area (Å²) in [4.78, 5) is 14.7. The first-order chi connectivity index (χ1) is 10.1. The molecule has 3 nitrogen and oxygen atoms in total. The molecular formula is C15H13BrFNO2S. The summed E-state index contributed by atoms with van der Waals surface area (Å²) in [5.74, 6) is -1.19. The third-order valence-corrected chi connectivity index (χ3v) is 5.59. The predicted octanol–water partition coefficient (Wildman–Crippen LogP) is 3.83. The third kappa shape index (κ3) is 2.75. The van der Waals surface area contributed by atoms with Gasteiger partial charge >= 0.3 is 5.97 Å². The van der Waals surface area contributed by atoms with Crippen LogP contribution in [0.4, 0.5) is 4.39 Å². The van der Waals surface area contributed by atoms with E-state index < -0.39 is 12.0 Å². The maximum absolute atomic E-state index is 13.6. The Morgan fingerprint density at radius 1 is 1.48 bits per heavy atom. The lowest BCUT2D eigenvalue weighted by Crippen LogP contribution is -2.38. The molecule has 21 heavy (non-hydrogen) atoms. The Balaban J connectivity index is 1.92. The van der Waals surface area contributed by atoms with Crippen molar-refractivity contribution >= 4 is 33.2 Å². The van der Waals surface area contributed by atoms with Gasteiger partial charge < -0.3 is 5.11 Å². The van der Waals surface area contributed by atoms with Gasteiger partial charge in [-0.1, -0.05) is 12.1 Å². The summed E-state index contributed by atoms with van der Waals surface area (Å²) in [6.45, 7) is 1.07. The molecule has 0 aliphatic carbocycles. The van der Waals surface area contributed by atoms with Crippen LogP contribution in [-0.4, -0.2) is 22.5 Å². The smallest absolute Gasteiger partial charge is 0.325 e. The quantitative estimate of drug-likeness (QED) is 0.893. The highest BCUT2D eigenvalue weighted by Crippen LogP contribution is 2.35. The maximum atomic E-state index is 13.6. The average Bonchev–Trinajstić information content (AvgIpc) is 2.91. The van der Waals surface area contributed by atoms with Crippen LogP contribution in [0.25, 0.3) is 0 Å². The van der Waals surface area contributed by atoms with Crippen LogP contribution in [0.15, 0.2) is 34.1 Å². The Kier molecular flexibility index (Phi) is 4.10. The van der Waals surface area contributed by atoms with Crippen molar-refractivity contribution in [2.75, 3.05) is 6.54 Å². The SMILES string of the molecule is O=C(O)C1c2ccsc2CCN1Cc1cccc(F)c1Br. The van der Waals surface area contributed by atoms with Gasteiger partial charge in [-0.2, -0.15) is 0 Å². The van der Waals surface area contributed by atoms with Crippen molar-refractivity contribution in [3.05, 3.63) is 55.9 Å². The first kappa shape index (κ1) is 14.7. The fraction of sp³-hybridized carbons (Fsp3) is 0.267. The fourth-order valence-electron chi connectivity index (χ4n) is 2.72. The lowest BCUT2D eigenvalue weighted by atomic mass is 9.99. The van der Waals surface area contributed by atoms with Crippen molar-refractivity contribution in [1.82, 2.24) is 4.90 Å². The topological polar surface area (TPSA) is 40.5 Å². The zero-order valence-corrected chi connectivity index (χ0v) is 13.5. The van der Waals surface area contributed by atoms with Gasteiger partial charge in [-0.05, 0) is 51.0 Å². The number of carbonyl (C=O) groups is 1. The summed E-state index contributed by atoms with van der Waals surface area (Å²) >= 11 is 4.84. The van der Waals surface area contributed by atoms with Crippen molar-refractivity contribution in [1.29, 1.82) is 0 Å². The number of benzene rings is 1. The van der Waals surface area contributed by atoms with E-state index in [0.29, 0.717) is 17.6 Å². The molecule has 1 N–H and O–H groups in total. The first-order valence-corrected chi connectivity index (χ1v) is 8.21. The molecule has 1 aliphatic rings. The van der Waals surface area contributed by atoms with E-state index in [1.165, 1.54) is 6.07 Å². The second-order valence-corrected chi connectivity index (χ2v) is 6.77. The molecule has 1 aromatic carbocycles. The summed E-state index contributed by atoms with van der Waals surface area (Å²) in [6, 6.07) is 6.07. The van der Waals surface area contributed by atoms with Crippen molar-refractivity contribution in [3.8, 4) is 0 Å². The van der Waals surface area contributed by atoms with Gasteiger partial charge in [0.1, 0.15) is 11.9 Å². The van der Waals surface area contributed by atoms with E-state index in [0.717, 1.165) is 22.4 Å². The number of nitrogens with zero attached hydrogens (tertiary/aromatic N) is 1. The average molecular weight is 370 g/mol. The molecule has 0 radical (unpaired) electrons. The molecule has 6 heteroatoms. The predicted molar refractivity (Wildman–Crippen MR) is 82.9 cm³/mol. The van der Waals surface area contributed by atoms with E-state index in [4.69, 9.17) is 0 Å². The highest BCUT2D eigenvalue weighted by molar-refractivity contribution is 9.10. The lowest BCUT2D eigenvalue weighted by molar-refractivity contribution is -0.144. The number of thiophene rings is 1. The summed E-state index contributed by atoms with van der Waals surface area (Å²) < 4.78 is 14.0. The molecule has 2 heterocycles. The van der Waals surface area contributed by atoms with Crippen molar-refractivity contribution < 1.29 is 14.3 Å². The van der Waals surface area contributed by atoms with Gasteiger partial charge in [-0.3, -0.25) is 9.69 Å². The molecule has 1 aliphatic heterocycles. The molecule has 110 valence electrons. The molecule has 0 amide bonds. The fourth-order valence-corrected chi connectivity index (χ4v) is 4.01. The highest BCUT2D eigenvalue weighted by atomic mass is 79.9. The van der Waals surface area contributed by atoms with E-state index in [9.17, 15) is 14.3 Å². The molecule has 0 spiro atoms. The summed E-state index contributed by atoms with van der Waals surface area (Å²) in [5.41, 5.74) is 1.63. The van der Waals surface area contributed by atoms with Crippen LogP contribution in [0.5, 0.6) is 0 Å². The van der Waals surface area contributed by atoms with Crippen LogP contribution in [0.1, 0.15) is 22.0 Å². The van der Waals surface area contributed by atoms with Crippen LogP contribution < -0.4 is 0 Å². The van der Waals surface area contributed by atoms with E-state index in [1.807, 2.05) is 22.4 Å². The van der Waals surface area contributed by atoms with E-state index in [1.54, 1.807) is 17.4 Å². The van der Waals surface area contributed by atoms with E-state index in [-0.39, 0.29) is 5.82 Å². The molecule has 2 aromatic rings. The van der Waals surface area contributed by atoms with Gasteiger partial charge in [-0.15, -0.1) is 11.3 Å². The van der Waals surface area contributed by atoms with Gasteiger partial charge in [0.15, 0.2) is 0 Å². The maximum Gasteiger partial charge on any atom is 0.325 e. The highest BCUT2D eigenvalue weighted by Gasteiger charge is 2.33. The minimum Gasteiger partial charge on any atom is -0.480 e. The molecule has 0 bridgehead atoms. The van der Waals surface area contributed by atoms with Crippen LogP contribution >= 0.6 is 27.3 Å². The second-order valence-electron chi connectivity index (χ2n) is 4.97. The van der Waals surface area contributed by atoms with Crippen LogP contribution in [-0.2, 0) is 17.8 Å². The van der Waals surface area contributed by atoms with Crippen LogP contribution in [0.2, 0.25) is 0 Å². The van der Waals surface area contributed by atoms with Crippen molar-refractivity contribution in [3.63, 3.8) is 0 Å². The Bertz CT molecular complexity index is 688. The van der Waals surface area contributed by atoms with Gasteiger partial charge in [0.25, 0.3) is 0 Å². The largest absolute Gasteiger partial charge is 0.480 e. The number of carboxylic acid groups (broad SMARTS) is 1. The molecular weight excluding hydrogens is 357 g/mol. The zero-order chi connectivity index (χ0) is 15.0. The molecule has 3 rings (SSSR count). The standard InChI is InChI=1S/C15H13BrFNO2S/c16-13-9(2-1-3-11(13)17)8-18-6-4-12-10(5-7-21-12)14(18)15(19)20/h1-3,5,7,14H,4,6,8H2,(H,19,20). The van der Waals surface area contributed by atoms with Crippen molar-refractivity contribution in [2.45, 2.75) is 19.0 Å². The minimum atomic E-state index is -0.859. The first-order valence-electron chi connectivity index (χ1n) is 6.54. The van der Waals surface area contributed by atoms with Crippen LogP contribution in [0.3, 0.4) is 0 Å². The Morgan fingerprint density at radius 3 is 3.05 bits per heavy atom. The number of hydrogen-bond acceptors (Lipinski definition) is 3. The number of carboxylic acids is 1. The third-order valence-electron chi connectivity index (χ3n) is 3.70. The molecule has 1 atom stereocenters. The Morgan fingerprint density at radius 2 is 2.29 bits per heavy atom. The Labute approximate surface area is 134 Å².